The van der Waals surface area contributed by atoms with Gasteiger partial charge in [-0.15, -0.1) is 0 Å². The number of ether oxygens (including phenoxy) is 1. The molecule has 1 aliphatic rings. The van der Waals surface area contributed by atoms with Crippen LogP contribution in [0.1, 0.15) is 52.3 Å². The maximum Gasteiger partial charge on any atom is 0.0694 e. The monoisotopic (exact) mass is 291 g/mol. The third-order valence-corrected chi connectivity index (χ3v) is 4.13. The molecule has 1 aliphatic heterocycles. The molecule has 0 radical (unpaired) electrons. The standard InChI is InChI=1S/C17H29N3O/c1-5-9-18-15(6-2)16-8-7-14(12-19-16)20-10-11-21-13-17(20,3)4/h7-8,12,15,18H,5-6,9-11,13H2,1-4H3. The predicted octanol–water partition coefficient (Wildman–Crippen LogP) is 3.15. The van der Waals surface area contributed by atoms with Crippen LogP contribution in [0.15, 0.2) is 18.3 Å². The number of morpholine rings is 1. The lowest BCUT2D eigenvalue weighted by molar-refractivity contribution is 0.0643. The van der Waals surface area contributed by atoms with Crippen LogP contribution in [0.2, 0.25) is 0 Å². The molecule has 1 unspecified atom stereocenters. The highest BCUT2D eigenvalue weighted by atomic mass is 16.5. The topological polar surface area (TPSA) is 37.4 Å². The number of hydrogen-bond acceptors (Lipinski definition) is 4. The summed E-state index contributed by atoms with van der Waals surface area (Å²) < 4.78 is 5.59. The Morgan fingerprint density at radius 3 is 2.76 bits per heavy atom. The summed E-state index contributed by atoms with van der Waals surface area (Å²) in [4.78, 5) is 7.10. The molecule has 1 aromatic rings. The smallest absolute Gasteiger partial charge is 0.0694 e. The van der Waals surface area contributed by atoms with Crippen molar-refractivity contribution in [2.45, 2.75) is 52.1 Å². The van der Waals surface area contributed by atoms with Crippen molar-refractivity contribution in [2.24, 2.45) is 0 Å². The highest BCUT2D eigenvalue weighted by Crippen LogP contribution is 2.27. The lowest BCUT2D eigenvalue weighted by Gasteiger charge is -2.43. The van der Waals surface area contributed by atoms with Gasteiger partial charge in [-0.2, -0.15) is 0 Å². The van der Waals surface area contributed by atoms with Gasteiger partial charge in [-0.25, -0.2) is 0 Å². The first-order chi connectivity index (χ1) is 10.1. The van der Waals surface area contributed by atoms with E-state index in [2.05, 4.69) is 50.0 Å². The van der Waals surface area contributed by atoms with Gasteiger partial charge in [0.2, 0.25) is 0 Å². The van der Waals surface area contributed by atoms with E-state index in [-0.39, 0.29) is 5.54 Å². The van der Waals surface area contributed by atoms with Crippen LogP contribution in [0.3, 0.4) is 0 Å². The van der Waals surface area contributed by atoms with Gasteiger partial charge in [0.1, 0.15) is 0 Å². The molecule has 4 nitrogen and oxygen atoms in total. The lowest BCUT2D eigenvalue weighted by atomic mass is 10.0. The SMILES string of the molecule is CCCNC(CC)c1ccc(N2CCOCC2(C)C)cn1. The van der Waals surface area contributed by atoms with Crippen molar-refractivity contribution in [3.8, 4) is 0 Å². The summed E-state index contributed by atoms with van der Waals surface area (Å²) in [7, 11) is 0. The van der Waals surface area contributed by atoms with E-state index >= 15 is 0 Å². The van der Waals surface area contributed by atoms with E-state index in [1.54, 1.807) is 0 Å². The molecule has 0 aromatic carbocycles. The molecule has 0 aliphatic carbocycles. The first kappa shape index (κ1) is 16.2. The minimum atomic E-state index is 0.0338. The van der Waals surface area contributed by atoms with Crippen LogP contribution in [-0.4, -0.2) is 36.8 Å². The first-order valence-corrected chi connectivity index (χ1v) is 8.13. The number of nitrogens with zero attached hydrogens (tertiary/aromatic N) is 2. The fourth-order valence-corrected chi connectivity index (χ4v) is 2.88. The molecular weight excluding hydrogens is 262 g/mol. The van der Waals surface area contributed by atoms with Gasteiger partial charge in [-0.1, -0.05) is 13.8 Å². The molecule has 1 aromatic heterocycles. The summed E-state index contributed by atoms with van der Waals surface area (Å²) in [5, 5.41) is 3.55. The van der Waals surface area contributed by atoms with Crippen LogP contribution in [0.4, 0.5) is 5.69 Å². The van der Waals surface area contributed by atoms with Crippen LogP contribution in [0.25, 0.3) is 0 Å². The summed E-state index contributed by atoms with van der Waals surface area (Å²) in [5.74, 6) is 0. The molecule has 2 rings (SSSR count). The molecule has 0 amide bonds. The van der Waals surface area contributed by atoms with Gasteiger partial charge in [-0.3, -0.25) is 4.98 Å². The number of aromatic nitrogens is 1. The van der Waals surface area contributed by atoms with E-state index in [1.165, 1.54) is 5.69 Å². The molecule has 2 heterocycles. The van der Waals surface area contributed by atoms with Crippen LogP contribution >= 0.6 is 0 Å². The number of anilines is 1. The van der Waals surface area contributed by atoms with Gasteiger partial charge in [0, 0.05) is 12.6 Å². The van der Waals surface area contributed by atoms with Gasteiger partial charge >= 0.3 is 0 Å². The molecular formula is C17H29N3O. The van der Waals surface area contributed by atoms with Crippen molar-refractivity contribution < 1.29 is 4.74 Å². The minimum absolute atomic E-state index is 0.0338. The minimum Gasteiger partial charge on any atom is -0.377 e. The van der Waals surface area contributed by atoms with E-state index in [4.69, 9.17) is 9.72 Å². The third kappa shape index (κ3) is 3.95. The summed E-state index contributed by atoms with van der Waals surface area (Å²) in [6, 6.07) is 4.72. The number of rotatable bonds is 6. The molecule has 1 atom stereocenters. The second-order valence-electron chi connectivity index (χ2n) is 6.37. The second-order valence-corrected chi connectivity index (χ2v) is 6.37. The van der Waals surface area contributed by atoms with Crippen molar-refractivity contribution >= 4 is 5.69 Å². The Morgan fingerprint density at radius 1 is 1.38 bits per heavy atom. The van der Waals surface area contributed by atoms with E-state index in [1.807, 2.05) is 6.20 Å². The van der Waals surface area contributed by atoms with Crippen molar-refractivity contribution in [3.05, 3.63) is 24.0 Å². The molecule has 0 spiro atoms. The Hall–Kier alpha value is -1.13. The van der Waals surface area contributed by atoms with Crippen LogP contribution in [0, 0.1) is 0 Å². The van der Waals surface area contributed by atoms with Crippen molar-refractivity contribution in [3.63, 3.8) is 0 Å². The highest BCUT2D eigenvalue weighted by molar-refractivity contribution is 5.48. The van der Waals surface area contributed by atoms with Gasteiger partial charge in [0.25, 0.3) is 0 Å². The zero-order chi connectivity index (χ0) is 15.3. The Morgan fingerprint density at radius 2 is 2.19 bits per heavy atom. The molecule has 0 bridgehead atoms. The number of pyridine rings is 1. The Kier molecular flexibility index (Phi) is 5.59. The zero-order valence-corrected chi connectivity index (χ0v) is 13.9. The summed E-state index contributed by atoms with van der Waals surface area (Å²) in [6.07, 6.45) is 4.23. The summed E-state index contributed by atoms with van der Waals surface area (Å²) in [6.45, 7) is 12.4. The average molecular weight is 291 g/mol. The van der Waals surface area contributed by atoms with Gasteiger partial charge in [0.05, 0.1) is 36.3 Å². The molecule has 1 N–H and O–H groups in total. The first-order valence-electron chi connectivity index (χ1n) is 8.13. The Bertz CT molecular complexity index is 430. The van der Waals surface area contributed by atoms with Crippen LogP contribution in [0.5, 0.6) is 0 Å². The molecule has 118 valence electrons. The number of nitrogens with one attached hydrogen (secondary N) is 1. The van der Waals surface area contributed by atoms with Crippen molar-refractivity contribution in [1.82, 2.24) is 10.3 Å². The van der Waals surface area contributed by atoms with E-state index in [0.717, 1.165) is 44.8 Å². The molecule has 1 fully saturated rings. The van der Waals surface area contributed by atoms with E-state index in [0.29, 0.717) is 6.04 Å². The summed E-state index contributed by atoms with van der Waals surface area (Å²) >= 11 is 0. The largest absolute Gasteiger partial charge is 0.377 e. The second kappa shape index (κ2) is 7.23. The van der Waals surface area contributed by atoms with E-state index in [9.17, 15) is 0 Å². The molecule has 4 heteroatoms. The van der Waals surface area contributed by atoms with Crippen molar-refractivity contribution in [1.29, 1.82) is 0 Å². The highest BCUT2D eigenvalue weighted by Gasteiger charge is 2.30. The van der Waals surface area contributed by atoms with Gasteiger partial charge in [-0.05, 0) is 45.4 Å². The van der Waals surface area contributed by atoms with Gasteiger partial charge in [0.15, 0.2) is 0 Å². The van der Waals surface area contributed by atoms with E-state index < -0.39 is 0 Å². The Labute approximate surface area is 128 Å². The van der Waals surface area contributed by atoms with Crippen LogP contribution < -0.4 is 10.2 Å². The molecule has 1 saturated heterocycles. The fourth-order valence-electron chi connectivity index (χ4n) is 2.88. The van der Waals surface area contributed by atoms with Crippen molar-refractivity contribution in [2.75, 3.05) is 31.2 Å². The fraction of sp³-hybridized carbons (Fsp3) is 0.706. The maximum absolute atomic E-state index is 5.59. The lowest BCUT2D eigenvalue weighted by Crippen LogP contribution is -2.53. The quantitative estimate of drug-likeness (QED) is 0.873. The normalized spacial score (nSPS) is 19.5. The molecule has 0 saturated carbocycles. The maximum atomic E-state index is 5.59. The summed E-state index contributed by atoms with van der Waals surface area (Å²) in [5.41, 5.74) is 2.37. The number of hydrogen-bond donors (Lipinski definition) is 1. The van der Waals surface area contributed by atoms with Crippen LogP contribution in [-0.2, 0) is 4.74 Å². The molecule has 21 heavy (non-hydrogen) atoms. The van der Waals surface area contributed by atoms with Gasteiger partial charge < -0.3 is 15.0 Å². The Balaban J connectivity index is 2.10. The average Bonchev–Trinajstić information content (AvgIpc) is 2.48. The third-order valence-electron chi connectivity index (χ3n) is 4.13. The zero-order valence-electron chi connectivity index (χ0n) is 13.9. The predicted molar refractivity (Wildman–Crippen MR) is 87.8 cm³/mol.